The van der Waals surface area contributed by atoms with Crippen molar-refractivity contribution in [1.29, 1.82) is 0 Å². The van der Waals surface area contributed by atoms with E-state index in [0.717, 1.165) is 0 Å². The molecule has 0 fully saturated rings. The van der Waals surface area contributed by atoms with Crippen LogP contribution >= 0.6 is 0 Å². The third-order valence-corrected chi connectivity index (χ3v) is 2.64. The number of hydrogen-bond donors (Lipinski definition) is 2. The highest BCUT2D eigenvalue weighted by Crippen LogP contribution is 2.24. The molecule has 1 unspecified atom stereocenters. The van der Waals surface area contributed by atoms with Crippen molar-refractivity contribution < 1.29 is 14.6 Å². The lowest BCUT2D eigenvalue weighted by Crippen LogP contribution is -2.47. The molecule has 0 saturated heterocycles. The fraction of sp³-hybridized carbons (Fsp3) is 0.417. The summed E-state index contributed by atoms with van der Waals surface area (Å²) >= 11 is 0. The molecule has 0 aliphatic carbocycles. The lowest BCUT2D eigenvalue weighted by molar-refractivity contribution is -0.146. The van der Waals surface area contributed by atoms with Crippen LogP contribution in [0.4, 0.5) is 0 Å². The first kappa shape index (κ1) is 12.7. The monoisotopic (exact) mass is 223 g/mol. The van der Waals surface area contributed by atoms with Crippen LogP contribution in [-0.2, 0) is 14.9 Å². The van der Waals surface area contributed by atoms with Crippen molar-refractivity contribution in [3.8, 4) is 0 Å². The first-order valence-electron chi connectivity index (χ1n) is 5.24. The molecule has 0 radical (unpaired) electrons. The Bertz CT molecular complexity index is 339. The molecule has 0 bridgehead atoms. The normalized spacial score (nSPS) is 14.4. The summed E-state index contributed by atoms with van der Waals surface area (Å²) < 4.78 is 5.24. The first-order chi connectivity index (χ1) is 7.67. The molecule has 1 atom stereocenters. The van der Waals surface area contributed by atoms with Crippen LogP contribution in [0.1, 0.15) is 12.5 Å². The van der Waals surface area contributed by atoms with Gasteiger partial charge in [-0.15, -0.1) is 0 Å². The van der Waals surface area contributed by atoms with Crippen molar-refractivity contribution in [3.63, 3.8) is 0 Å². The van der Waals surface area contributed by atoms with Crippen molar-refractivity contribution in [3.05, 3.63) is 35.9 Å². The Balaban J connectivity index is 3.07. The van der Waals surface area contributed by atoms with E-state index in [1.807, 2.05) is 13.0 Å². The fourth-order valence-corrected chi connectivity index (χ4v) is 1.57. The van der Waals surface area contributed by atoms with Crippen LogP contribution in [0.2, 0.25) is 0 Å². The Hall–Kier alpha value is -1.39. The van der Waals surface area contributed by atoms with Gasteiger partial charge in [0, 0.05) is 13.2 Å². The van der Waals surface area contributed by atoms with Crippen LogP contribution in [0.3, 0.4) is 0 Å². The van der Waals surface area contributed by atoms with E-state index in [1.165, 1.54) is 0 Å². The predicted molar refractivity (Wildman–Crippen MR) is 61.3 cm³/mol. The Kier molecular flexibility index (Phi) is 4.46. The average Bonchev–Trinajstić information content (AvgIpc) is 2.31. The van der Waals surface area contributed by atoms with Gasteiger partial charge in [0.25, 0.3) is 0 Å². The highest BCUT2D eigenvalue weighted by atomic mass is 16.5. The standard InChI is InChI=1S/C12H17NO3/c1-2-16-9-12(8-13,11(14)15)10-6-4-3-5-7-10/h3-7H,2,8-9,13H2,1H3,(H,14,15). The minimum absolute atomic E-state index is 0.0202. The summed E-state index contributed by atoms with van der Waals surface area (Å²) in [5, 5.41) is 9.34. The topological polar surface area (TPSA) is 72.5 Å². The molecular weight excluding hydrogens is 206 g/mol. The van der Waals surface area contributed by atoms with Crippen LogP contribution < -0.4 is 5.73 Å². The molecule has 4 nitrogen and oxygen atoms in total. The third-order valence-electron chi connectivity index (χ3n) is 2.64. The summed E-state index contributed by atoms with van der Waals surface area (Å²) in [6.07, 6.45) is 0. The van der Waals surface area contributed by atoms with E-state index >= 15 is 0 Å². The zero-order valence-corrected chi connectivity index (χ0v) is 9.35. The molecule has 0 amide bonds. The quantitative estimate of drug-likeness (QED) is 0.754. The molecule has 1 aromatic carbocycles. The number of carboxylic acid groups (broad SMARTS) is 1. The highest BCUT2D eigenvalue weighted by molar-refractivity contribution is 5.82. The highest BCUT2D eigenvalue weighted by Gasteiger charge is 2.39. The maximum Gasteiger partial charge on any atom is 0.317 e. The van der Waals surface area contributed by atoms with Gasteiger partial charge in [0.1, 0.15) is 5.41 Å². The number of ether oxygens (including phenoxy) is 1. The summed E-state index contributed by atoms with van der Waals surface area (Å²) in [4.78, 5) is 11.4. The number of carbonyl (C=O) groups is 1. The van der Waals surface area contributed by atoms with Gasteiger partial charge in [0.15, 0.2) is 0 Å². The predicted octanol–water partition coefficient (Wildman–Crippen LogP) is 1.00. The molecule has 0 aromatic heterocycles. The fourth-order valence-electron chi connectivity index (χ4n) is 1.57. The molecule has 4 heteroatoms. The van der Waals surface area contributed by atoms with Crippen molar-refractivity contribution in [1.82, 2.24) is 0 Å². The van der Waals surface area contributed by atoms with E-state index < -0.39 is 11.4 Å². The molecule has 0 heterocycles. The van der Waals surface area contributed by atoms with E-state index in [4.69, 9.17) is 10.5 Å². The maximum absolute atomic E-state index is 11.4. The maximum atomic E-state index is 11.4. The van der Waals surface area contributed by atoms with Gasteiger partial charge >= 0.3 is 5.97 Å². The van der Waals surface area contributed by atoms with E-state index in [2.05, 4.69) is 0 Å². The Morgan fingerprint density at radius 2 is 2.06 bits per heavy atom. The van der Waals surface area contributed by atoms with Gasteiger partial charge < -0.3 is 15.6 Å². The molecule has 0 aliphatic heterocycles. The van der Waals surface area contributed by atoms with Crippen molar-refractivity contribution >= 4 is 5.97 Å². The number of aliphatic carboxylic acids is 1. The number of benzene rings is 1. The number of hydrogen-bond acceptors (Lipinski definition) is 3. The summed E-state index contributed by atoms with van der Waals surface area (Å²) in [6.45, 7) is 2.42. The first-order valence-corrected chi connectivity index (χ1v) is 5.24. The van der Waals surface area contributed by atoms with E-state index in [1.54, 1.807) is 24.3 Å². The van der Waals surface area contributed by atoms with Crippen LogP contribution in [0.15, 0.2) is 30.3 Å². The Labute approximate surface area is 95.0 Å². The van der Waals surface area contributed by atoms with Crippen molar-refractivity contribution in [2.45, 2.75) is 12.3 Å². The molecule has 88 valence electrons. The van der Waals surface area contributed by atoms with Gasteiger partial charge in [-0.3, -0.25) is 4.79 Å². The molecule has 0 saturated carbocycles. The Morgan fingerprint density at radius 3 is 2.50 bits per heavy atom. The molecule has 1 aromatic rings. The second kappa shape index (κ2) is 5.63. The summed E-state index contributed by atoms with van der Waals surface area (Å²) in [7, 11) is 0. The lowest BCUT2D eigenvalue weighted by Gasteiger charge is -2.27. The molecule has 0 aliphatic rings. The van der Waals surface area contributed by atoms with E-state index in [-0.39, 0.29) is 13.2 Å². The molecule has 1 rings (SSSR count). The van der Waals surface area contributed by atoms with Gasteiger partial charge in [0.05, 0.1) is 6.61 Å². The van der Waals surface area contributed by atoms with Crippen molar-refractivity contribution in [2.24, 2.45) is 5.73 Å². The van der Waals surface area contributed by atoms with Gasteiger partial charge in [-0.2, -0.15) is 0 Å². The molecule has 16 heavy (non-hydrogen) atoms. The van der Waals surface area contributed by atoms with Crippen LogP contribution in [-0.4, -0.2) is 30.8 Å². The number of nitrogens with two attached hydrogens (primary N) is 1. The molecule has 0 spiro atoms. The average molecular weight is 223 g/mol. The molecule has 3 N–H and O–H groups in total. The van der Waals surface area contributed by atoms with Gasteiger partial charge in [-0.1, -0.05) is 30.3 Å². The third kappa shape index (κ3) is 2.40. The summed E-state index contributed by atoms with van der Waals surface area (Å²) in [5.74, 6) is -0.949. The van der Waals surface area contributed by atoms with Crippen molar-refractivity contribution in [2.75, 3.05) is 19.8 Å². The summed E-state index contributed by atoms with van der Waals surface area (Å²) in [5.41, 5.74) is 5.16. The largest absolute Gasteiger partial charge is 0.480 e. The smallest absolute Gasteiger partial charge is 0.317 e. The van der Waals surface area contributed by atoms with Gasteiger partial charge in [-0.05, 0) is 12.5 Å². The summed E-state index contributed by atoms with van der Waals surface area (Å²) in [6, 6.07) is 8.97. The van der Waals surface area contributed by atoms with Crippen LogP contribution in [0.25, 0.3) is 0 Å². The minimum Gasteiger partial charge on any atom is -0.480 e. The van der Waals surface area contributed by atoms with E-state index in [9.17, 15) is 9.90 Å². The van der Waals surface area contributed by atoms with E-state index in [0.29, 0.717) is 12.2 Å². The molecular formula is C12H17NO3. The lowest BCUT2D eigenvalue weighted by atomic mass is 9.81. The van der Waals surface area contributed by atoms with Crippen LogP contribution in [0.5, 0.6) is 0 Å². The van der Waals surface area contributed by atoms with Gasteiger partial charge in [0.2, 0.25) is 0 Å². The SMILES string of the molecule is CCOCC(CN)(C(=O)O)c1ccccc1. The second-order valence-corrected chi connectivity index (χ2v) is 3.59. The zero-order chi connectivity index (χ0) is 12.0. The van der Waals surface area contributed by atoms with Gasteiger partial charge in [-0.25, -0.2) is 0 Å². The number of rotatable bonds is 6. The van der Waals surface area contributed by atoms with Crippen LogP contribution in [0, 0.1) is 0 Å². The minimum atomic E-state index is -1.14. The zero-order valence-electron chi connectivity index (χ0n) is 9.35. The second-order valence-electron chi connectivity index (χ2n) is 3.59. The number of carboxylic acids is 1. The Morgan fingerprint density at radius 1 is 1.44 bits per heavy atom.